The van der Waals surface area contributed by atoms with E-state index < -0.39 is 231 Å². The van der Waals surface area contributed by atoms with Crippen molar-refractivity contribution >= 4 is 94.8 Å². The van der Waals surface area contributed by atoms with Crippen LogP contribution in [0.2, 0.25) is 0 Å². The molecule has 22 N–H and O–H groups in total. The lowest BCUT2D eigenvalue weighted by Crippen LogP contribution is -2.61. The Morgan fingerprint density at radius 3 is 1.42 bits per heavy atom. The number of carboxylic acid groups (broad SMARTS) is 5. The first-order valence-electron chi connectivity index (χ1n) is 30.1. The molecule has 1 saturated heterocycles. The van der Waals surface area contributed by atoms with Crippen LogP contribution in [0.25, 0.3) is 0 Å². The Balaban J connectivity index is 2.51. The van der Waals surface area contributed by atoms with Crippen LogP contribution in [0.15, 0.2) is 12.5 Å². The number of hydrogen-bond donors (Lipinski definition) is 19. The van der Waals surface area contributed by atoms with Gasteiger partial charge in [0.05, 0.1) is 25.3 Å². The van der Waals surface area contributed by atoms with Crippen molar-refractivity contribution in [1.82, 2.24) is 62.7 Å². The second kappa shape index (κ2) is 39.8. The van der Waals surface area contributed by atoms with Crippen LogP contribution >= 0.6 is 0 Å². The van der Waals surface area contributed by atoms with E-state index in [0.29, 0.717) is 18.5 Å². The molecule has 93 heavy (non-hydrogen) atoms. The summed E-state index contributed by atoms with van der Waals surface area (Å²) in [6.07, 6.45) is -4.74. The van der Waals surface area contributed by atoms with Crippen LogP contribution in [0, 0.1) is 11.8 Å². The summed E-state index contributed by atoms with van der Waals surface area (Å²) in [7, 11) is 0. The number of unbranched alkanes of at least 4 members (excludes halogenated alkanes) is 1. The van der Waals surface area contributed by atoms with E-state index in [4.69, 9.17) is 17.2 Å². The third-order valence-corrected chi connectivity index (χ3v) is 14.8. The third kappa shape index (κ3) is 28.3. The molecule has 1 aromatic rings. The van der Waals surface area contributed by atoms with Crippen molar-refractivity contribution in [3.8, 4) is 0 Å². The van der Waals surface area contributed by atoms with Gasteiger partial charge in [0.15, 0.2) is 0 Å². The van der Waals surface area contributed by atoms with Crippen molar-refractivity contribution < 1.29 is 107 Å². The molecule has 0 aliphatic carbocycles. The molecule has 1 aromatic heterocycles. The Morgan fingerprint density at radius 2 is 1.00 bits per heavy atom. The van der Waals surface area contributed by atoms with Gasteiger partial charge in [0, 0.05) is 44.1 Å². The average molecular weight is 1320 g/mol. The molecule has 1 aliphatic heterocycles. The quantitative estimate of drug-likeness (QED) is 0.0271. The molecule has 2 rings (SSSR count). The SMILES string of the molecule is CC[C@H](C)[C@H](NC(=O)[C@H](CCCCN)NC(=O)[C@H](CC(=O)O)NC(=O)[C@H](CCC(N)=O)NC(=O)[C@H](CC(C)C)NC(=O)[C@H](CCC(=O)O)NC(=O)[C@H](CC(=O)O)NC(=O)[C@H](CCC(=O)O)NC(=O)[C@@H](N)[C@@H](C)O)C(=O)N[C@@H](Cc1cnc[nH]1)C(=O)N1CCC[C@H]1C(=O)O. The smallest absolute Gasteiger partial charge is 0.326 e. The Morgan fingerprint density at radius 1 is 0.570 bits per heavy atom. The van der Waals surface area contributed by atoms with Gasteiger partial charge in [0.2, 0.25) is 65.0 Å². The van der Waals surface area contributed by atoms with E-state index in [2.05, 4.69) is 52.5 Å². The highest BCUT2D eigenvalue weighted by atomic mass is 16.4. The fraction of sp³-hybridized carbons (Fsp3) is 0.661. The maximum absolute atomic E-state index is 14.3. The number of nitrogens with two attached hydrogens (primary N) is 3. The van der Waals surface area contributed by atoms with E-state index in [1.165, 1.54) is 12.5 Å². The van der Waals surface area contributed by atoms with E-state index >= 15 is 0 Å². The Bertz CT molecular complexity index is 2800. The lowest BCUT2D eigenvalue weighted by Gasteiger charge is -2.31. The highest BCUT2D eigenvalue weighted by Crippen LogP contribution is 2.21. The van der Waals surface area contributed by atoms with Gasteiger partial charge in [0.1, 0.15) is 66.5 Å². The summed E-state index contributed by atoms with van der Waals surface area (Å²) < 4.78 is 0. The van der Waals surface area contributed by atoms with Gasteiger partial charge in [-0.1, -0.05) is 34.1 Å². The molecular weight excluding hydrogens is 1230 g/mol. The van der Waals surface area contributed by atoms with E-state index in [-0.39, 0.29) is 51.6 Å². The number of nitrogens with one attached hydrogen (secondary N) is 10. The summed E-state index contributed by atoms with van der Waals surface area (Å²) >= 11 is 0. The minimum absolute atomic E-state index is 0.0873. The molecule has 0 unspecified atom stereocenters. The molecule has 37 heteroatoms. The molecule has 2 heterocycles. The van der Waals surface area contributed by atoms with Gasteiger partial charge in [0.25, 0.3) is 0 Å². The summed E-state index contributed by atoms with van der Waals surface area (Å²) in [6, 6.07) is -18.6. The minimum Gasteiger partial charge on any atom is -0.481 e. The molecule has 37 nitrogen and oxygen atoms in total. The van der Waals surface area contributed by atoms with Crippen LogP contribution in [-0.2, 0) is 83.1 Å². The first-order valence-corrected chi connectivity index (χ1v) is 30.1. The van der Waals surface area contributed by atoms with Gasteiger partial charge in [-0.25, -0.2) is 9.78 Å². The van der Waals surface area contributed by atoms with Crippen molar-refractivity contribution in [2.75, 3.05) is 13.1 Å². The number of hydrogen-bond acceptors (Lipinski definition) is 20. The standard InChI is InChI=1S/C56H89N15O22/c1-6-27(4)45(54(90)69-37(21-29-24-60-25-61-29)55(91)71-19-9-11-38(71)56(92)93)70-49(85)30(10-7-8-18-57)62-51(87)35(22-42(78)79)67-46(82)31(12-15-39(58)73)63-50(86)34(20-26(2)3)66-47(83)32(13-16-40(74)75)64-52(88)36(23-43(80)81)68-48(84)33(14-17-41(76)77)65-53(89)44(59)28(5)72/h24-28,30-38,44-45,72H,6-23,57,59H2,1-5H3,(H2,58,73)(H,60,61)(H,62,87)(H,63,86)(H,64,88)(H,65,89)(H,66,83)(H,67,82)(H,68,84)(H,69,90)(H,70,85)(H,74,75)(H,76,77)(H,78,79)(H,80,81)(H,92,93)/t27-,28+,30-,31-,32-,33-,34-,35-,36-,37-,38-,44-,45-/m0/s1. The normalized spacial score (nSPS) is 16.7. The molecule has 0 bridgehead atoms. The van der Waals surface area contributed by atoms with Crippen LogP contribution in [0.1, 0.15) is 137 Å². The second-order valence-electron chi connectivity index (χ2n) is 22.9. The molecular formula is C56H89N15O22. The van der Waals surface area contributed by atoms with E-state index in [0.717, 1.165) is 11.8 Å². The summed E-state index contributed by atoms with van der Waals surface area (Å²) in [4.78, 5) is 219. The first-order chi connectivity index (χ1) is 43.6. The minimum atomic E-state index is -2.12. The molecule has 13 atom stereocenters. The maximum Gasteiger partial charge on any atom is 0.326 e. The average Bonchev–Trinajstić information content (AvgIpc) is 1.82. The third-order valence-electron chi connectivity index (χ3n) is 14.8. The van der Waals surface area contributed by atoms with Crippen molar-refractivity contribution in [3.05, 3.63) is 18.2 Å². The fourth-order valence-electron chi connectivity index (χ4n) is 9.50. The molecule has 0 radical (unpaired) electrons. The van der Waals surface area contributed by atoms with Crippen molar-refractivity contribution in [2.45, 2.75) is 210 Å². The zero-order chi connectivity index (χ0) is 70.4. The Kier molecular flexibility index (Phi) is 34.1. The van der Waals surface area contributed by atoms with E-state index in [9.17, 15) is 107 Å². The summed E-state index contributed by atoms with van der Waals surface area (Å²) in [5.41, 5.74) is 17.2. The molecule has 0 spiro atoms. The molecule has 0 aromatic carbocycles. The lowest BCUT2D eigenvalue weighted by molar-refractivity contribution is -0.149. The predicted octanol–water partition coefficient (Wildman–Crippen LogP) is -5.74. The van der Waals surface area contributed by atoms with Crippen LogP contribution in [-0.4, -0.2) is 226 Å². The van der Waals surface area contributed by atoms with Crippen molar-refractivity contribution in [3.63, 3.8) is 0 Å². The topological polar surface area (TPSA) is 613 Å². The number of aromatic amines is 1. The lowest BCUT2D eigenvalue weighted by atomic mass is 9.96. The zero-order valence-electron chi connectivity index (χ0n) is 52.3. The molecule has 1 fully saturated rings. The number of H-pyrrole nitrogens is 1. The Hall–Kier alpha value is -9.39. The summed E-state index contributed by atoms with van der Waals surface area (Å²) in [5, 5.41) is 78.9. The highest BCUT2D eigenvalue weighted by Gasteiger charge is 2.41. The second-order valence-corrected chi connectivity index (χ2v) is 22.9. The van der Waals surface area contributed by atoms with Gasteiger partial charge < -0.3 is 106 Å². The number of aromatic nitrogens is 2. The highest BCUT2D eigenvalue weighted by molar-refractivity contribution is 6.00. The molecule has 520 valence electrons. The number of rotatable bonds is 44. The van der Waals surface area contributed by atoms with Gasteiger partial charge in [-0.2, -0.15) is 0 Å². The predicted molar refractivity (Wildman–Crippen MR) is 320 cm³/mol. The van der Waals surface area contributed by atoms with Gasteiger partial charge in [-0.15, -0.1) is 0 Å². The number of likely N-dealkylation sites (tertiary alicyclic amines) is 1. The van der Waals surface area contributed by atoms with Crippen LogP contribution < -0.4 is 65.1 Å². The van der Waals surface area contributed by atoms with Gasteiger partial charge in [-0.3, -0.25) is 71.9 Å². The van der Waals surface area contributed by atoms with E-state index in [1.54, 1.807) is 27.7 Å². The van der Waals surface area contributed by atoms with Crippen LogP contribution in [0.4, 0.5) is 0 Å². The number of aliphatic carboxylic acids is 5. The molecule has 0 saturated carbocycles. The number of amides is 11. The number of imidazole rings is 1. The van der Waals surface area contributed by atoms with Crippen molar-refractivity contribution in [1.29, 1.82) is 0 Å². The van der Waals surface area contributed by atoms with Crippen molar-refractivity contribution in [2.24, 2.45) is 29.0 Å². The van der Waals surface area contributed by atoms with Crippen LogP contribution in [0.3, 0.4) is 0 Å². The molecule has 1 aliphatic rings. The summed E-state index contributed by atoms with van der Waals surface area (Å²) in [6.45, 7) is 7.79. The number of carbonyl (C=O) groups excluding carboxylic acids is 11. The number of nitrogens with zero attached hydrogens (tertiary/aromatic N) is 2. The molecule has 11 amide bonds. The van der Waals surface area contributed by atoms with Gasteiger partial charge >= 0.3 is 29.8 Å². The first kappa shape index (κ1) is 79.7. The monoisotopic (exact) mass is 1320 g/mol. The van der Waals surface area contributed by atoms with Gasteiger partial charge in [-0.05, 0) is 83.1 Å². The van der Waals surface area contributed by atoms with E-state index in [1.807, 2.05) is 5.32 Å². The largest absolute Gasteiger partial charge is 0.481 e. The number of carbonyl (C=O) groups is 16. The Labute approximate surface area is 533 Å². The maximum atomic E-state index is 14.3. The number of primary amides is 1. The zero-order valence-corrected chi connectivity index (χ0v) is 52.3. The van der Waals surface area contributed by atoms with Crippen LogP contribution in [0.5, 0.6) is 0 Å². The number of aliphatic hydroxyl groups is 1. The fourth-order valence-corrected chi connectivity index (χ4v) is 9.50. The number of carboxylic acids is 5. The number of aliphatic hydroxyl groups excluding tert-OH is 1. The summed E-state index contributed by atoms with van der Waals surface area (Å²) in [5.74, 6) is -21.3.